The molecule has 0 radical (unpaired) electrons. The van der Waals surface area contributed by atoms with Gasteiger partial charge in [0.25, 0.3) is 0 Å². The molecule has 0 aliphatic rings. The summed E-state index contributed by atoms with van der Waals surface area (Å²) in [6.45, 7) is 0. The molecular formula is C7H7BFNO3. The van der Waals surface area contributed by atoms with Crippen LogP contribution in [-0.2, 0) is 0 Å². The Balaban J connectivity index is 3.38. The lowest BCUT2D eigenvalue weighted by Crippen LogP contribution is -2.11. The topological polar surface area (TPSA) is 52.4 Å². The van der Waals surface area contributed by atoms with E-state index in [2.05, 4.69) is 4.74 Å². The monoisotopic (exact) mass is 183 g/mol. The van der Waals surface area contributed by atoms with Gasteiger partial charge in [-0.05, 0) is 5.46 Å². The highest BCUT2D eigenvalue weighted by molar-refractivity contribution is 6.32. The third-order valence-electron chi connectivity index (χ3n) is 1.67. The van der Waals surface area contributed by atoms with Gasteiger partial charge in [0, 0.05) is 6.07 Å². The summed E-state index contributed by atoms with van der Waals surface area (Å²) in [6, 6.07) is 2.56. The molecule has 0 atom stereocenters. The molecular weight excluding hydrogens is 176 g/mol. The van der Waals surface area contributed by atoms with Crippen molar-refractivity contribution < 1.29 is 14.1 Å². The van der Waals surface area contributed by atoms with Gasteiger partial charge in [-0.2, -0.15) is 0 Å². The Kier molecular flexibility index (Phi) is 2.50. The zero-order valence-electron chi connectivity index (χ0n) is 7.20. The zero-order valence-corrected chi connectivity index (χ0v) is 7.20. The summed E-state index contributed by atoms with van der Waals surface area (Å²) >= 11 is 0. The van der Waals surface area contributed by atoms with Crippen LogP contribution in [0.1, 0.15) is 0 Å². The van der Waals surface area contributed by atoms with Crippen LogP contribution >= 0.6 is 0 Å². The fourth-order valence-electron chi connectivity index (χ4n) is 0.982. The lowest BCUT2D eigenvalue weighted by molar-refractivity contribution is -0.386. The van der Waals surface area contributed by atoms with E-state index in [4.69, 9.17) is 0 Å². The average Bonchev–Trinajstić information content (AvgIpc) is 2.09. The molecule has 1 rings (SSSR count). The van der Waals surface area contributed by atoms with E-state index < -0.39 is 10.7 Å². The Morgan fingerprint density at radius 3 is 2.69 bits per heavy atom. The summed E-state index contributed by atoms with van der Waals surface area (Å²) < 4.78 is 17.8. The van der Waals surface area contributed by atoms with Gasteiger partial charge < -0.3 is 4.74 Å². The molecule has 4 nitrogen and oxygen atoms in total. The van der Waals surface area contributed by atoms with Crippen molar-refractivity contribution in [3.05, 3.63) is 28.1 Å². The smallest absolute Gasteiger partial charge is 0.313 e. The van der Waals surface area contributed by atoms with Gasteiger partial charge in [-0.25, -0.2) is 4.39 Å². The average molecular weight is 183 g/mol. The lowest BCUT2D eigenvalue weighted by Gasteiger charge is -2.04. The van der Waals surface area contributed by atoms with E-state index in [-0.39, 0.29) is 11.4 Å². The molecule has 0 fully saturated rings. The van der Waals surface area contributed by atoms with E-state index in [9.17, 15) is 14.5 Å². The minimum atomic E-state index is -0.684. The van der Waals surface area contributed by atoms with Gasteiger partial charge in [-0.1, -0.05) is 6.07 Å². The van der Waals surface area contributed by atoms with Crippen molar-refractivity contribution in [2.24, 2.45) is 0 Å². The number of hydrogen-bond acceptors (Lipinski definition) is 3. The highest BCUT2D eigenvalue weighted by Crippen LogP contribution is 2.27. The first-order valence-corrected chi connectivity index (χ1v) is 3.55. The molecule has 68 valence electrons. The van der Waals surface area contributed by atoms with Crippen molar-refractivity contribution in [2.45, 2.75) is 0 Å². The first kappa shape index (κ1) is 9.50. The van der Waals surface area contributed by atoms with Crippen LogP contribution in [0.2, 0.25) is 0 Å². The number of nitro benzene ring substituents is 1. The fraction of sp³-hybridized carbons (Fsp3) is 0.143. The molecule has 1 aromatic rings. The number of benzene rings is 1. The first-order valence-electron chi connectivity index (χ1n) is 3.55. The SMILES string of the molecule is Bc1ccc([N+](=O)[O-])c(OC)c1F. The van der Waals surface area contributed by atoms with E-state index >= 15 is 0 Å². The molecule has 0 amide bonds. The summed E-state index contributed by atoms with van der Waals surface area (Å²) in [5, 5.41) is 10.4. The van der Waals surface area contributed by atoms with Crippen molar-refractivity contribution >= 4 is 19.0 Å². The van der Waals surface area contributed by atoms with Crippen LogP contribution in [-0.4, -0.2) is 19.9 Å². The van der Waals surface area contributed by atoms with Gasteiger partial charge in [0.1, 0.15) is 7.85 Å². The molecule has 0 aromatic heterocycles. The highest BCUT2D eigenvalue weighted by Gasteiger charge is 2.19. The molecule has 0 bridgehead atoms. The molecule has 0 saturated carbocycles. The number of methoxy groups -OCH3 is 1. The normalized spacial score (nSPS) is 9.69. The van der Waals surface area contributed by atoms with Crippen molar-refractivity contribution in [1.29, 1.82) is 0 Å². The molecule has 0 spiro atoms. The number of rotatable bonds is 2. The van der Waals surface area contributed by atoms with Crippen LogP contribution in [0.5, 0.6) is 5.75 Å². The Morgan fingerprint density at radius 2 is 2.23 bits per heavy atom. The summed E-state index contributed by atoms with van der Waals surface area (Å²) in [6.07, 6.45) is 0. The number of hydrogen-bond donors (Lipinski definition) is 0. The van der Waals surface area contributed by atoms with Crippen LogP contribution in [0.4, 0.5) is 10.1 Å². The van der Waals surface area contributed by atoms with E-state index in [1.165, 1.54) is 27.1 Å². The van der Waals surface area contributed by atoms with Crippen molar-refractivity contribution in [2.75, 3.05) is 7.11 Å². The molecule has 1 aromatic carbocycles. The van der Waals surface area contributed by atoms with Crippen LogP contribution in [0, 0.1) is 15.9 Å². The predicted octanol–water partition coefficient (Wildman–Crippen LogP) is 0.000900. The van der Waals surface area contributed by atoms with Gasteiger partial charge in [0.05, 0.1) is 12.0 Å². The molecule has 6 heteroatoms. The maximum Gasteiger partial charge on any atom is 0.313 e. The highest BCUT2D eigenvalue weighted by atomic mass is 19.1. The lowest BCUT2D eigenvalue weighted by atomic mass is 9.95. The minimum Gasteiger partial charge on any atom is -0.488 e. The van der Waals surface area contributed by atoms with E-state index in [0.29, 0.717) is 5.46 Å². The second-order valence-corrected chi connectivity index (χ2v) is 2.51. The summed E-state index contributed by atoms with van der Waals surface area (Å²) in [5.74, 6) is -0.998. The third-order valence-corrected chi connectivity index (χ3v) is 1.67. The van der Waals surface area contributed by atoms with Crippen molar-refractivity contribution in [3.63, 3.8) is 0 Å². The largest absolute Gasteiger partial charge is 0.488 e. The maximum absolute atomic E-state index is 13.2. The number of halogens is 1. The van der Waals surface area contributed by atoms with Crippen molar-refractivity contribution in [3.8, 4) is 5.75 Å². The number of nitrogens with zero attached hydrogens (tertiary/aromatic N) is 1. The second-order valence-electron chi connectivity index (χ2n) is 2.51. The predicted molar refractivity (Wildman–Crippen MR) is 47.8 cm³/mol. The first-order chi connectivity index (χ1) is 6.07. The Bertz CT molecular complexity index is 356. The number of nitro groups is 1. The van der Waals surface area contributed by atoms with E-state index in [0.717, 1.165) is 0 Å². The van der Waals surface area contributed by atoms with Crippen LogP contribution < -0.4 is 10.2 Å². The van der Waals surface area contributed by atoms with Gasteiger partial charge in [0.15, 0.2) is 5.82 Å². The summed E-state index contributed by atoms with van der Waals surface area (Å²) in [5.41, 5.74) is -0.0342. The molecule has 0 N–H and O–H groups in total. The Hall–Kier alpha value is -1.59. The standard InChI is InChI=1S/C7H7BFNO3/c1-13-7-5(10(11)12)3-2-4(8)6(7)9/h2-3H,8H2,1H3. The molecule has 0 heterocycles. The molecule has 13 heavy (non-hydrogen) atoms. The van der Waals surface area contributed by atoms with Crippen LogP contribution in [0.3, 0.4) is 0 Å². The summed E-state index contributed by atoms with van der Waals surface area (Å²) in [7, 11) is 2.71. The van der Waals surface area contributed by atoms with E-state index in [1.54, 1.807) is 0 Å². The quantitative estimate of drug-likeness (QED) is 0.368. The number of ether oxygens (including phenoxy) is 1. The van der Waals surface area contributed by atoms with Gasteiger partial charge in [-0.3, -0.25) is 10.1 Å². The van der Waals surface area contributed by atoms with Crippen LogP contribution in [0.25, 0.3) is 0 Å². The molecule has 0 saturated heterocycles. The molecule has 0 aliphatic carbocycles. The second kappa shape index (κ2) is 3.43. The van der Waals surface area contributed by atoms with Gasteiger partial charge in [-0.15, -0.1) is 0 Å². The van der Waals surface area contributed by atoms with Gasteiger partial charge >= 0.3 is 5.69 Å². The Morgan fingerprint density at radius 1 is 1.62 bits per heavy atom. The fourth-order valence-corrected chi connectivity index (χ4v) is 0.982. The van der Waals surface area contributed by atoms with Gasteiger partial charge in [0.2, 0.25) is 5.75 Å². The van der Waals surface area contributed by atoms with E-state index in [1.807, 2.05) is 0 Å². The van der Waals surface area contributed by atoms with Crippen molar-refractivity contribution in [1.82, 2.24) is 0 Å². The zero-order chi connectivity index (χ0) is 10.0. The molecule has 0 unspecified atom stereocenters. The Labute approximate surface area is 74.9 Å². The molecule has 0 aliphatic heterocycles. The summed E-state index contributed by atoms with van der Waals surface area (Å²) in [4.78, 5) is 9.72. The minimum absolute atomic E-state index is 0.315. The van der Waals surface area contributed by atoms with Crippen LogP contribution in [0.15, 0.2) is 12.1 Å². The maximum atomic E-state index is 13.2. The third kappa shape index (κ3) is 1.61.